The van der Waals surface area contributed by atoms with Crippen molar-refractivity contribution in [3.05, 3.63) is 75.8 Å². The summed E-state index contributed by atoms with van der Waals surface area (Å²) in [5.41, 5.74) is 1.66. The average molecular weight is 415 g/mol. The Morgan fingerprint density at radius 1 is 1.07 bits per heavy atom. The third kappa shape index (κ3) is 4.82. The lowest BCUT2D eigenvalue weighted by Gasteiger charge is -2.05. The van der Waals surface area contributed by atoms with Crippen LogP contribution in [0.4, 0.5) is 0 Å². The van der Waals surface area contributed by atoms with E-state index in [1.165, 1.54) is 0 Å². The molecule has 2 aromatic carbocycles. The number of imide groups is 1. The van der Waals surface area contributed by atoms with E-state index in [4.69, 9.17) is 16.3 Å². The van der Waals surface area contributed by atoms with Gasteiger partial charge in [-0.1, -0.05) is 41.9 Å². The topological polar surface area (TPSA) is 85.4 Å². The molecule has 3 rings (SSSR count). The molecular formula is C20H15ClN2O4S. The Bertz CT molecular complexity index is 1020. The molecule has 1 aromatic heterocycles. The molecule has 0 bridgehead atoms. The van der Waals surface area contributed by atoms with Gasteiger partial charge in [-0.05, 0) is 31.2 Å². The second-order valence-electron chi connectivity index (χ2n) is 5.76. The second kappa shape index (κ2) is 8.77. The summed E-state index contributed by atoms with van der Waals surface area (Å²) < 4.78 is 5.02. The summed E-state index contributed by atoms with van der Waals surface area (Å²) in [7, 11) is 0. The molecule has 6 nitrogen and oxygen atoms in total. The van der Waals surface area contributed by atoms with Gasteiger partial charge in [-0.25, -0.2) is 9.78 Å². The van der Waals surface area contributed by atoms with Gasteiger partial charge >= 0.3 is 5.97 Å². The van der Waals surface area contributed by atoms with E-state index in [-0.39, 0.29) is 0 Å². The number of nitrogens with one attached hydrogen (secondary N) is 1. The number of thiazole rings is 1. The number of hydrogen-bond donors (Lipinski definition) is 1. The summed E-state index contributed by atoms with van der Waals surface area (Å²) >= 11 is 7.04. The van der Waals surface area contributed by atoms with Crippen molar-refractivity contribution in [3.63, 3.8) is 0 Å². The van der Waals surface area contributed by atoms with E-state index in [0.29, 0.717) is 26.2 Å². The third-order valence-corrected chi connectivity index (χ3v) is 5.13. The third-order valence-electron chi connectivity index (χ3n) is 3.70. The number of carbonyl (C=O) groups excluding carboxylic acids is 3. The molecule has 0 spiro atoms. The number of amides is 2. The van der Waals surface area contributed by atoms with Crippen LogP contribution in [0, 0.1) is 6.92 Å². The van der Waals surface area contributed by atoms with E-state index in [2.05, 4.69) is 10.3 Å². The van der Waals surface area contributed by atoms with Gasteiger partial charge < -0.3 is 4.74 Å². The van der Waals surface area contributed by atoms with Crippen LogP contribution in [0.2, 0.25) is 5.02 Å². The minimum atomic E-state index is -0.706. The molecule has 0 aliphatic carbocycles. The highest BCUT2D eigenvalue weighted by Crippen LogP contribution is 2.29. The van der Waals surface area contributed by atoms with Crippen molar-refractivity contribution in [1.29, 1.82) is 0 Å². The molecule has 0 saturated carbocycles. The van der Waals surface area contributed by atoms with Gasteiger partial charge in [0.2, 0.25) is 0 Å². The number of aryl methyl sites for hydroxylation is 1. The lowest BCUT2D eigenvalue weighted by molar-refractivity contribution is -0.123. The zero-order valence-electron chi connectivity index (χ0n) is 14.8. The van der Waals surface area contributed by atoms with Crippen molar-refractivity contribution in [2.24, 2.45) is 0 Å². The molecule has 1 heterocycles. The largest absolute Gasteiger partial charge is 0.451 e. The summed E-state index contributed by atoms with van der Waals surface area (Å²) in [4.78, 5) is 40.7. The van der Waals surface area contributed by atoms with Crippen molar-refractivity contribution in [2.45, 2.75) is 6.92 Å². The van der Waals surface area contributed by atoms with Crippen LogP contribution in [0.1, 0.15) is 25.7 Å². The summed E-state index contributed by atoms with van der Waals surface area (Å²) in [5, 5.41) is 3.42. The number of nitrogens with zero attached hydrogens (tertiary/aromatic N) is 1. The zero-order chi connectivity index (χ0) is 20.1. The molecule has 0 atom stereocenters. The maximum atomic E-state index is 12.3. The van der Waals surface area contributed by atoms with Gasteiger partial charge in [0.1, 0.15) is 9.88 Å². The van der Waals surface area contributed by atoms with Gasteiger partial charge in [-0.2, -0.15) is 0 Å². The van der Waals surface area contributed by atoms with E-state index in [9.17, 15) is 14.4 Å². The Labute approximate surface area is 170 Å². The molecular weight excluding hydrogens is 400 g/mol. The predicted molar refractivity (Wildman–Crippen MR) is 106 cm³/mol. The van der Waals surface area contributed by atoms with Gasteiger partial charge in [0.15, 0.2) is 6.61 Å². The highest BCUT2D eigenvalue weighted by atomic mass is 35.5. The number of aromatic nitrogens is 1. The van der Waals surface area contributed by atoms with Crippen LogP contribution in [0.25, 0.3) is 10.6 Å². The standard InChI is InChI=1S/C20H15ClN2O4S/c1-12-17(28-19(22-12)14-7-9-15(21)10-8-14)20(26)27-11-16(24)23-18(25)13-5-3-2-4-6-13/h2-10H,11H2,1H3,(H,23,24,25). The molecule has 142 valence electrons. The Balaban J connectivity index is 1.60. The van der Waals surface area contributed by atoms with Gasteiger partial charge in [-0.3, -0.25) is 14.9 Å². The smallest absolute Gasteiger partial charge is 0.350 e. The van der Waals surface area contributed by atoms with E-state index >= 15 is 0 Å². The van der Waals surface area contributed by atoms with Gasteiger partial charge in [-0.15, -0.1) is 11.3 Å². The molecule has 0 aliphatic heterocycles. The Morgan fingerprint density at radius 3 is 2.43 bits per heavy atom. The number of rotatable bonds is 5. The second-order valence-corrected chi connectivity index (χ2v) is 7.20. The number of carbonyl (C=O) groups is 3. The maximum Gasteiger partial charge on any atom is 0.350 e. The zero-order valence-corrected chi connectivity index (χ0v) is 16.3. The summed E-state index contributed by atoms with van der Waals surface area (Å²) in [6.45, 7) is 1.12. The van der Waals surface area contributed by atoms with Crippen LogP contribution in [0.3, 0.4) is 0 Å². The van der Waals surface area contributed by atoms with Crippen LogP contribution < -0.4 is 5.32 Å². The highest BCUT2D eigenvalue weighted by molar-refractivity contribution is 7.17. The quantitative estimate of drug-likeness (QED) is 0.640. The van der Waals surface area contributed by atoms with Crippen molar-refractivity contribution >= 4 is 40.7 Å². The van der Waals surface area contributed by atoms with Gasteiger partial charge in [0.05, 0.1) is 5.69 Å². The van der Waals surface area contributed by atoms with Crippen LogP contribution in [0.5, 0.6) is 0 Å². The Kier molecular flexibility index (Phi) is 6.18. The molecule has 2 amide bonds. The molecule has 0 radical (unpaired) electrons. The van der Waals surface area contributed by atoms with Gasteiger partial charge in [0.25, 0.3) is 11.8 Å². The summed E-state index contributed by atoms with van der Waals surface area (Å²) in [6, 6.07) is 15.4. The first-order valence-electron chi connectivity index (χ1n) is 8.24. The maximum absolute atomic E-state index is 12.3. The predicted octanol–water partition coefficient (Wildman–Crippen LogP) is 3.89. The van der Waals surface area contributed by atoms with E-state index in [1.807, 2.05) is 0 Å². The number of halogens is 1. The minimum absolute atomic E-state index is 0.298. The molecule has 0 aliphatic rings. The van der Waals surface area contributed by atoms with Crippen LogP contribution >= 0.6 is 22.9 Å². The first-order chi connectivity index (χ1) is 13.4. The Hall–Kier alpha value is -3.03. The monoisotopic (exact) mass is 414 g/mol. The minimum Gasteiger partial charge on any atom is -0.451 e. The molecule has 8 heteroatoms. The normalized spacial score (nSPS) is 10.4. The molecule has 0 saturated heterocycles. The molecule has 28 heavy (non-hydrogen) atoms. The fourth-order valence-corrected chi connectivity index (χ4v) is 3.41. The summed E-state index contributed by atoms with van der Waals surface area (Å²) in [5.74, 6) is -1.93. The molecule has 0 fully saturated rings. The van der Waals surface area contributed by atoms with Crippen molar-refractivity contribution < 1.29 is 19.1 Å². The average Bonchev–Trinajstić information content (AvgIpc) is 3.09. The lowest BCUT2D eigenvalue weighted by Crippen LogP contribution is -2.34. The number of esters is 1. The number of ether oxygens (including phenoxy) is 1. The number of hydrogen-bond acceptors (Lipinski definition) is 6. The Morgan fingerprint density at radius 2 is 1.75 bits per heavy atom. The molecule has 0 unspecified atom stereocenters. The lowest BCUT2D eigenvalue weighted by atomic mass is 10.2. The van der Waals surface area contributed by atoms with Crippen molar-refractivity contribution in [1.82, 2.24) is 10.3 Å². The highest BCUT2D eigenvalue weighted by Gasteiger charge is 2.19. The van der Waals surface area contributed by atoms with Gasteiger partial charge in [0, 0.05) is 16.1 Å². The SMILES string of the molecule is Cc1nc(-c2ccc(Cl)cc2)sc1C(=O)OCC(=O)NC(=O)c1ccccc1. The van der Waals surface area contributed by atoms with Crippen molar-refractivity contribution in [2.75, 3.05) is 6.61 Å². The van der Waals surface area contributed by atoms with Crippen LogP contribution in [-0.2, 0) is 9.53 Å². The molecule has 3 aromatic rings. The van der Waals surface area contributed by atoms with Crippen LogP contribution in [0.15, 0.2) is 54.6 Å². The van der Waals surface area contributed by atoms with Crippen molar-refractivity contribution in [3.8, 4) is 10.6 Å². The molecule has 1 N–H and O–H groups in total. The summed E-state index contributed by atoms with van der Waals surface area (Å²) in [6.07, 6.45) is 0. The van der Waals surface area contributed by atoms with Crippen LogP contribution in [-0.4, -0.2) is 29.4 Å². The first-order valence-corrected chi connectivity index (χ1v) is 9.43. The van der Waals surface area contributed by atoms with E-state index in [0.717, 1.165) is 16.9 Å². The first kappa shape index (κ1) is 19.7. The number of benzene rings is 2. The van der Waals surface area contributed by atoms with E-state index in [1.54, 1.807) is 61.5 Å². The van der Waals surface area contributed by atoms with E-state index < -0.39 is 24.4 Å². The fraction of sp³-hybridized carbons (Fsp3) is 0.100. The fourth-order valence-electron chi connectivity index (χ4n) is 2.32.